The fourth-order valence-corrected chi connectivity index (χ4v) is 3.32. The number of hydrogen-bond acceptors (Lipinski definition) is 7. The number of para-hydroxylation sites is 3. The molecule has 1 amide bonds. The number of amides is 1. The molecule has 0 unspecified atom stereocenters. The molecule has 1 aliphatic heterocycles. The topological polar surface area (TPSA) is 108 Å². The number of nitro groups is 1. The first-order valence-electron chi connectivity index (χ1n) is 8.41. The van der Waals surface area contributed by atoms with E-state index in [4.69, 9.17) is 9.94 Å². The van der Waals surface area contributed by atoms with Crippen LogP contribution in [-0.2, 0) is 0 Å². The fraction of sp³-hybridized carbons (Fsp3) is 0.278. The van der Waals surface area contributed by atoms with E-state index in [9.17, 15) is 14.9 Å². The van der Waals surface area contributed by atoms with Gasteiger partial charge in [0.15, 0.2) is 0 Å². The van der Waals surface area contributed by atoms with Crippen molar-refractivity contribution in [1.29, 1.82) is 0 Å². The van der Waals surface area contributed by atoms with Crippen LogP contribution in [0.25, 0.3) is 0 Å². The third-order valence-electron chi connectivity index (χ3n) is 4.58. The number of carbonyl (C=O) groups excluding carboxylic acids is 1. The van der Waals surface area contributed by atoms with Gasteiger partial charge in [-0.05, 0) is 18.2 Å². The van der Waals surface area contributed by atoms with Gasteiger partial charge in [0, 0.05) is 32.2 Å². The van der Waals surface area contributed by atoms with E-state index in [2.05, 4.69) is 4.90 Å². The fourth-order valence-electron chi connectivity index (χ4n) is 3.32. The van der Waals surface area contributed by atoms with Crippen LogP contribution in [0.1, 0.15) is 10.4 Å². The first kappa shape index (κ1) is 18.5. The lowest BCUT2D eigenvalue weighted by Crippen LogP contribution is -2.47. The molecule has 0 bridgehead atoms. The number of anilines is 2. The van der Waals surface area contributed by atoms with E-state index in [-0.39, 0.29) is 16.9 Å². The molecule has 0 spiro atoms. The summed E-state index contributed by atoms with van der Waals surface area (Å²) in [6.45, 7) is 2.17. The van der Waals surface area contributed by atoms with Gasteiger partial charge >= 0.3 is 0 Å². The van der Waals surface area contributed by atoms with Gasteiger partial charge in [-0.1, -0.05) is 18.2 Å². The molecule has 0 saturated carbocycles. The van der Waals surface area contributed by atoms with Crippen molar-refractivity contribution in [2.75, 3.05) is 43.1 Å². The zero-order valence-corrected chi connectivity index (χ0v) is 14.8. The molecule has 1 saturated heterocycles. The number of hydroxylamine groups is 1. The maximum Gasteiger partial charge on any atom is 0.293 e. The predicted octanol–water partition coefficient (Wildman–Crippen LogP) is 2.05. The average molecular weight is 372 g/mol. The lowest BCUT2D eigenvalue weighted by molar-refractivity contribution is -0.384. The van der Waals surface area contributed by atoms with Gasteiger partial charge in [0.05, 0.1) is 23.3 Å². The number of nitrogens with one attached hydrogen (secondary N) is 1. The summed E-state index contributed by atoms with van der Waals surface area (Å²) in [4.78, 5) is 26.9. The molecule has 1 aliphatic rings. The molecule has 0 aliphatic carbocycles. The monoisotopic (exact) mass is 372 g/mol. The Morgan fingerprint density at radius 3 is 2.41 bits per heavy atom. The summed E-state index contributed by atoms with van der Waals surface area (Å²) in [5.41, 5.74) is 2.63. The van der Waals surface area contributed by atoms with Crippen molar-refractivity contribution in [3.05, 3.63) is 58.1 Å². The molecule has 27 heavy (non-hydrogen) atoms. The summed E-state index contributed by atoms with van der Waals surface area (Å²) < 4.78 is 5.40. The molecular formula is C18H20N4O5. The number of hydrogen-bond donors (Lipinski definition) is 2. The summed E-state index contributed by atoms with van der Waals surface area (Å²) in [6, 6.07) is 11.9. The van der Waals surface area contributed by atoms with Crippen LogP contribution in [0.15, 0.2) is 42.5 Å². The zero-order valence-electron chi connectivity index (χ0n) is 14.8. The summed E-state index contributed by atoms with van der Waals surface area (Å²) in [5, 5.41) is 20.4. The van der Waals surface area contributed by atoms with Crippen molar-refractivity contribution in [3.63, 3.8) is 0 Å². The van der Waals surface area contributed by atoms with Crippen molar-refractivity contribution < 1.29 is 19.7 Å². The normalized spacial score (nSPS) is 14.0. The second kappa shape index (κ2) is 7.92. The number of ether oxygens (including phenoxy) is 1. The molecule has 3 rings (SSSR count). The summed E-state index contributed by atoms with van der Waals surface area (Å²) in [7, 11) is 1.61. The number of nitrogens with zero attached hydrogens (tertiary/aromatic N) is 3. The van der Waals surface area contributed by atoms with Crippen LogP contribution in [0.4, 0.5) is 17.1 Å². The zero-order chi connectivity index (χ0) is 19.4. The van der Waals surface area contributed by atoms with Gasteiger partial charge in [-0.15, -0.1) is 0 Å². The largest absolute Gasteiger partial charge is 0.495 e. The van der Waals surface area contributed by atoms with Crippen LogP contribution >= 0.6 is 0 Å². The highest BCUT2D eigenvalue weighted by Gasteiger charge is 2.29. The maximum atomic E-state index is 12.0. The Hall–Kier alpha value is -3.33. The van der Waals surface area contributed by atoms with E-state index in [1.165, 1.54) is 18.2 Å². The minimum Gasteiger partial charge on any atom is -0.495 e. The third-order valence-corrected chi connectivity index (χ3v) is 4.58. The third kappa shape index (κ3) is 3.63. The smallest absolute Gasteiger partial charge is 0.293 e. The number of benzene rings is 2. The van der Waals surface area contributed by atoms with Gasteiger partial charge < -0.3 is 14.5 Å². The first-order chi connectivity index (χ1) is 13.1. The molecular weight excluding hydrogens is 352 g/mol. The quantitative estimate of drug-likeness (QED) is 0.470. The lowest BCUT2D eigenvalue weighted by atomic mass is 10.1. The second-order valence-corrected chi connectivity index (χ2v) is 6.02. The van der Waals surface area contributed by atoms with E-state index in [1.807, 2.05) is 24.3 Å². The molecule has 142 valence electrons. The minimum atomic E-state index is -0.777. The molecule has 1 fully saturated rings. The molecule has 0 aromatic heterocycles. The SMILES string of the molecule is COc1ccccc1N1CCN(c2c(C(=O)NO)cccc2[N+](=O)[O-])CC1. The van der Waals surface area contributed by atoms with E-state index in [0.717, 1.165) is 11.4 Å². The van der Waals surface area contributed by atoms with Gasteiger partial charge in [-0.2, -0.15) is 0 Å². The summed E-state index contributed by atoms with van der Waals surface area (Å²) >= 11 is 0. The van der Waals surface area contributed by atoms with Crippen molar-refractivity contribution in [2.24, 2.45) is 0 Å². The van der Waals surface area contributed by atoms with E-state index >= 15 is 0 Å². The second-order valence-electron chi connectivity index (χ2n) is 6.02. The Kier molecular flexibility index (Phi) is 5.41. The van der Waals surface area contributed by atoms with Gasteiger partial charge in [0.2, 0.25) is 0 Å². The summed E-state index contributed by atoms with van der Waals surface area (Å²) in [6.07, 6.45) is 0. The van der Waals surface area contributed by atoms with Crippen LogP contribution in [-0.4, -0.2) is 49.3 Å². The highest BCUT2D eigenvalue weighted by atomic mass is 16.6. The van der Waals surface area contributed by atoms with Gasteiger partial charge in [0.1, 0.15) is 11.4 Å². The van der Waals surface area contributed by atoms with Crippen molar-refractivity contribution >= 4 is 23.0 Å². The van der Waals surface area contributed by atoms with Crippen LogP contribution in [0.5, 0.6) is 5.75 Å². The Labute approximate surface area is 155 Å². The van der Waals surface area contributed by atoms with Crippen LogP contribution < -0.4 is 20.0 Å². The number of methoxy groups -OCH3 is 1. The Bertz CT molecular complexity index is 849. The summed E-state index contributed by atoms with van der Waals surface area (Å²) in [5.74, 6) is -0.0159. The van der Waals surface area contributed by atoms with Crippen LogP contribution in [0, 0.1) is 10.1 Å². The van der Waals surface area contributed by atoms with Gasteiger partial charge in [-0.3, -0.25) is 20.1 Å². The molecule has 9 nitrogen and oxygen atoms in total. The number of piperazine rings is 1. The number of rotatable bonds is 5. The Balaban J connectivity index is 1.88. The molecule has 9 heteroatoms. The van der Waals surface area contributed by atoms with E-state index in [0.29, 0.717) is 26.2 Å². The maximum absolute atomic E-state index is 12.0. The van der Waals surface area contributed by atoms with Crippen molar-refractivity contribution in [2.45, 2.75) is 0 Å². The first-order valence-corrected chi connectivity index (χ1v) is 8.41. The van der Waals surface area contributed by atoms with Crippen molar-refractivity contribution in [3.8, 4) is 5.75 Å². The molecule has 1 heterocycles. The highest BCUT2D eigenvalue weighted by Crippen LogP contribution is 2.34. The predicted molar refractivity (Wildman–Crippen MR) is 99.8 cm³/mol. The molecule has 0 radical (unpaired) electrons. The minimum absolute atomic E-state index is 0.0671. The van der Waals surface area contributed by atoms with Crippen LogP contribution in [0.3, 0.4) is 0 Å². The Morgan fingerprint density at radius 2 is 1.78 bits per heavy atom. The number of nitro benzene ring substituents is 1. The standard InChI is InChI=1S/C18H20N4O5/c1-27-16-8-3-2-6-14(16)20-9-11-21(12-10-20)17-13(18(23)19-24)5-4-7-15(17)22(25)26/h2-8,24H,9-12H2,1H3,(H,19,23). The molecule has 2 N–H and O–H groups in total. The van der Waals surface area contributed by atoms with E-state index in [1.54, 1.807) is 17.5 Å². The van der Waals surface area contributed by atoms with Crippen LogP contribution in [0.2, 0.25) is 0 Å². The average Bonchev–Trinajstić information content (AvgIpc) is 2.72. The number of carbonyl (C=O) groups is 1. The van der Waals surface area contributed by atoms with Crippen molar-refractivity contribution in [1.82, 2.24) is 5.48 Å². The molecule has 2 aromatic carbocycles. The highest BCUT2D eigenvalue weighted by molar-refractivity contribution is 6.01. The molecule has 2 aromatic rings. The van der Waals surface area contributed by atoms with E-state index < -0.39 is 10.8 Å². The lowest BCUT2D eigenvalue weighted by Gasteiger charge is -2.38. The Morgan fingerprint density at radius 1 is 1.11 bits per heavy atom. The molecule has 0 atom stereocenters. The van der Waals surface area contributed by atoms with Gasteiger partial charge in [-0.25, -0.2) is 5.48 Å². The van der Waals surface area contributed by atoms with Gasteiger partial charge in [0.25, 0.3) is 11.6 Å².